The summed E-state index contributed by atoms with van der Waals surface area (Å²) >= 11 is 0. The van der Waals surface area contributed by atoms with E-state index in [-0.39, 0.29) is 4.65 Å². The van der Waals surface area contributed by atoms with E-state index in [1.807, 2.05) is 6.92 Å². The number of allylic oxidation sites excluding steroid dienone is 3. The maximum Gasteiger partial charge on any atom is 0.243 e. The molecule has 0 N–H and O–H groups in total. The zero-order valence-corrected chi connectivity index (χ0v) is 14.1. The number of amidine groups is 1. The molecule has 1 aromatic carbocycles. The summed E-state index contributed by atoms with van der Waals surface area (Å²) in [5, 5.41) is 0. The Kier molecular flexibility index (Phi) is 4.53. The fraction of sp³-hybridized carbons (Fsp3) is 0.278. The molecule has 0 fully saturated rings. The molecular weight excluding hydrogens is 333 g/mol. The number of hydrogen-bond donors (Lipinski definition) is 0. The van der Waals surface area contributed by atoms with Gasteiger partial charge in [-0.1, -0.05) is 11.6 Å². The summed E-state index contributed by atoms with van der Waals surface area (Å²) in [4.78, 5) is 10.4. The molecule has 3 rings (SSSR count). The van der Waals surface area contributed by atoms with Gasteiger partial charge in [-0.05, 0) is 30.7 Å². The lowest BCUT2D eigenvalue weighted by Crippen LogP contribution is -2.45. The summed E-state index contributed by atoms with van der Waals surface area (Å²) in [6.45, 7) is 3.23. The maximum atomic E-state index is 13.9. The highest BCUT2D eigenvalue weighted by Crippen LogP contribution is 2.40. The lowest BCUT2D eigenvalue weighted by molar-refractivity contribution is -0.966. The minimum atomic E-state index is -1.25. The van der Waals surface area contributed by atoms with Gasteiger partial charge in [0.15, 0.2) is 17.4 Å². The molecule has 0 amide bonds. The highest BCUT2D eigenvalue weighted by atomic mass is 19.2. The fourth-order valence-corrected chi connectivity index (χ4v) is 2.97. The van der Waals surface area contributed by atoms with Crippen LogP contribution in [0.4, 0.5) is 13.2 Å². The first kappa shape index (κ1) is 17.4. The lowest BCUT2D eigenvalue weighted by Gasteiger charge is -2.31. The van der Waals surface area contributed by atoms with E-state index >= 15 is 0 Å². The largest absolute Gasteiger partial charge is 0.491 e. The molecule has 0 bridgehead atoms. The van der Waals surface area contributed by atoms with Gasteiger partial charge in [0.05, 0.1) is 12.7 Å². The molecule has 1 aromatic rings. The quantitative estimate of drug-likeness (QED) is 0.579. The van der Waals surface area contributed by atoms with Crippen molar-refractivity contribution in [3.05, 3.63) is 70.7 Å². The van der Waals surface area contributed by atoms with Gasteiger partial charge in [-0.3, -0.25) is 0 Å². The number of benzene rings is 1. The molecule has 0 spiro atoms. The molecule has 2 heterocycles. The Morgan fingerprint density at radius 1 is 1.16 bits per heavy atom. The fourth-order valence-electron chi connectivity index (χ4n) is 2.97. The first-order chi connectivity index (χ1) is 11.9. The van der Waals surface area contributed by atoms with Crippen molar-refractivity contribution in [1.29, 1.82) is 0 Å². The predicted octanol–water partition coefficient (Wildman–Crippen LogP) is 4.46. The molecule has 1 unspecified atom stereocenters. The standard InChI is InChI=1S/C18H18F3N2O2/c1-4-15-18-16(24-3)6-5-9-23(18,11(2)22-15)25-10-12-13(19)7-8-14(20)17(12)21/h5-9H,4,10H2,1-3H3/q+1. The van der Waals surface area contributed by atoms with Crippen LogP contribution in [0.5, 0.6) is 0 Å². The molecule has 4 nitrogen and oxygen atoms in total. The van der Waals surface area contributed by atoms with E-state index in [9.17, 15) is 13.2 Å². The smallest absolute Gasteiger partial charge is 0.243 e. The van der Waals surface area contributed by atoms with Crippen LogP contribution in [0.2, 0.25) is 0 Å². The van der Waals surface area contributed by atoms with Crippen molar-refractivity contribution in [2.75, 3.05) is 7.11 Å². The first-order valence-electron chi connectivity index (χ1n) is 7.83. The van der Waals surface area contributed by atoms with Crippen molar-refractivity contribution in [3.63, 3.8) is 0 Å². The Labute approximate surface area is 143 Å². The van der Waals surface area contributed by atoms with Crippen LogP contribution in [-0.4, -0.2) is 17.6 Å². The third kappa shape index (κ3) is 2.69. The number of halogens is 3. The minimum absolute atomic E-state index is 0.266. The van der Waals surface area contributed by atoms with Gasteiger partial charge >= 0.3 is 0 Å². The number of methoxy groups -OCH3 is 1. The molecule has 0 aliphatic carbocycles. The second kappa shape index (κ2) is 6.50. The Hall–Kier alpha value is -2.38. The summed E-state index contributed by atoms with van der Waals surface area (Å²) in [7, 11) is 1.53. The zero-order chi connectivity index (χ0) is 18.2. The molecule has 0 saturated carbocycles. The highest BCUT2D eigenvalue weighted by Gasteiger charge is 2.48. The number of quaternary nitrogens is 1. The maximum absolute atomic E-state index is 13.9. The first-order valence-corrected chi connectivity index (χ1v) is 7.83. The van der Waals surface area contributed by atoms with Crippen LogP contribution in [0.25, 0.3) is 0 Å². The summed E-state index contributed by atoms with van der Waals surface area (Å²) in [6, 6.07) is 1.62. The van der Waals surface area contributed by atoms with Crippen molar-refractivity contribution in [2.24, 2.45) is 4.99 Å². The summed E-state index contributed by atoms with van der Waals surface area (Å²) in [5.74, 6) is -2.11. The van der Waals surface area contributed by atoms with Crippen molar-refractivity contribution >= 4 is 5.84 Å². The van der Waals surface area contributed by atoms with Crippen molar-refractivity contribution in [1.82, 2.24) is 0 Å². The predicted molar refractivity (Wildman–Crippen MR) is 86.0 cm³/mol. The number of nitrogens with zero attached hydrogens (tertiary/aromatic N) is 2. The summed E-state index contributed by atoms with van der Waals surface area (Å²) < 4.78 is 46.4. The summed E-state index contributed by atoms with van der Waals surface area (Å²) in [5.41, 5.74) is 0.948. The highest BCUT2D eigenvalue weighted by molar-refractivity contribution is 5.78. The second-order valence-electron chi connectivity index (χ2n) is 5.64. The van der Waals surface area contributed by atoms with Crippen LogP contribution in [0.15, 0.2) is 52.6 Å². The van der Waals surface area contributed by atoms with E-state index in [0.717, 1.165) is 17.8 Å². The van der Waals surface area contributed by atoms with E-state index < -0.39 is 29.6 Å². The monoisotopic (exact) mass is 351 g/mol. The molecule has 7 heteroatoms. The van der Waals surface area contributed by atoms with Crippen molar-refractivity contribution in [2.45, 2.75) is 26.9 Å². The Morgan fingerprint density at radius 2 is 1.88 bits per heavy atom. The third-order valence-corrected chi connectivity index (χ3v) is 4.27. The van der Waals surface area contributed by atoms with E-state index in [1.165, 1.54) is 7.11 Å². The normalized spacial score (nSPS) is 22.0. The number of fused-ring (bicyclic) bond motifs is 1. The van der Waals surface area contributed by atoms with E-state index in [2.05, 4.69) is 4.99 Å². The van der Waals surface area contributed by atoms with E-state index in [1.54, 1.807) is 25.3 Å². The van der Waals surface area contributed by atoms with E-state index in [4.69, 9.17) is 9.57 Å². The number of hydrogen-bond acceptors (Lipinski definition) is 3. The number of ether oxygens (including phenoxy) is 1. The Bertz CT molecular complexity index is 843. The zero-order valence-electron chi connectivity index (χ0n) is 14.1. The molecule has 2 aliphatic heterocycles. The number of aliphatic imine (C=N–C) groups is 1. The van der Waals surface area contributed by atoms with Gasteiger partial charge in [-0.2, -0.15) is 9.83 Å². The van der Waals surface area contributed by atoms with Gasteiger partial charge in [0.2, 0.25) is 11.5 Å². The Balaban J connectivity index is 2.00. The number of rotatable bonds is 5. The van der Waals surface area contributed by atoms with Gasteiger partial charge in [-0.15, -0.1) is 0 Å². The molecule has 25 heavy (non-hydrogen) atoms. The second-order valence-corrected chi connectivity index (χ2v) is 5.64. The van der Waals surface area contributed by atoms with Gasteiger partial charge < -0.3 is 4.74 Å². The van der Waals surface area contributed by atoms with Crippen LogP contribution in [0, 0.1) is 17.5 Å². The van der Waals surface area contributed by atoms with Crippen LogP contribution >= 0.6 is 0 Å². The van der Waals surface area contributed by atoms with Gasteiger partial charge in [0, 0.05) is 6.92 Å². The lowest BCUT2D eigenvalue weighted by atomic mass is 10.1. The molecule has 0 aromatic heterocycles. The average molecular weight is 351 g/mol. The summed E-state index contributed by atoms with van der Waals surface area (Å²) in [6.07, 6.45) is 5.82. The van der Waals surface area contributed by atoms with Crippen LogP contribution < -0.4 is 0 Å². The van der Waals surface area contributed by atoms with Crippen LogP contribution in [0.1, 0.15) is 25.8 Å². The molecule has 132 valence electrons. The van der Waals surface area contributed by atoms with Gasteiger partial charge in [0.1, 0.15) is 24.3 Å². The van der Waals surface area contributed by atoms with Crippen LogP contribution in [-0.2, 0) is 16.2 Å². The minimum Gasteiger partial charge on any atom is -0.491 e. The van der Waals surface area contributed by atoms with E-state index in [0.29, 0.717) is 23.7 Å². The third-order valence-electron chi connectivity index (χ3n) is 4.27. The SMILES string of the molecule is CCC1=C2C(OC)=CC=C[N+]2(OCc2c(F)ccc(F)c2F)C(C)=N1. The van der Waals surface area contributed by atoms with Gasteiger partial charge in [0.25, 0.3) is 0 Å². The molecule has 1 atom stereocenters. The average Bonchev–Trinajstić information content (AvgIpc) is 2.91. The molecule has 0 saturated heterocycles. The van der Waals surface area contributed by atoms with Crippen LogP contribution in [0.3, 0.4) is 0 Å². The molecule has 0 radical (unpaired) electrons. The van der Waals surface area contributed by atoms with Crippen molar-refractivity contribution in [3.8, 4) is 0 Å². The van der Waals surface area contributed by atoms with Crippen molar-refractivity contribution < 1.29 is 27.4 Å². The number of hydroxylamine groups is 3. The van der Waals surface area contributed by atoms with Gasteiger partial charge in [-0.25, -0.2) is 13.2 Å². The molecule has 2 aliphatic rings. The topological polar surface area (TPSA) is 30.8 Å². The molecular formula is C18H18F3N2O2+. The Morgan fingerprint density at radius 3 is 2.56 bits per heavy atom.